The van der Waals surface area contributed by atoms with Crippen molar-refractivity contribution in [2.45, 2.75) is 40.2 Å². The molecule has 2 unspecified atom stereocenters. The molecule has 0 spiro atoms. The fourth-order valence-corrected chi connectivity index (χ4v) is 4.43. The number of benzene rings is 1. The number of hydrogen-bond donors (Lipinski definition) is 1. The number of hydrogen-bond acceptors (Lipinski definition) is 3. The van der Waals surface area contributed by atoms with Crippen LogP contribution < -0.4 is 5.32 Å². The van der Waals surface area contributed by atoms with Crippen LogP contribution in [0, 0.1) is 19.8 Å². The van der Waals surface area contributed by atoms with E-state index in [1.54, 1.807) is 0 Å². The van der Waals surface area contributed by atoms with Crippen molar-refractivity contribution in [3.63, 3.8) is 0 Å². The van der Waals surface area contributed by atoms with Crippen LogP contribution in [-0.4, -0.2) is 27.0 Å². The van der Waals surface area contributed by atoms with Gasteiger partial charge in [-0.2, -0.15) is 0 Å². The maximum absolute atomic E-state index is 12.3. The highest BCUT2D eigenvalue weighted by Gasteiger charge is 2.22. The van der Waals surface area contributed by atoms with Gasteiger partial charge in [-0.15, -0.1) is 0 Å². The Morgan fingerprint density at radius 2 is 1.85 bits per heavy atom. The first kappa shape index (κ1) is 17.2. The first-order valence-corrected chi connectivity index (χ1v) is 9.06. The number of sulfone groups is 1. The molecule has 0 amide bonds. The normalized spacial score (nSPS) is 15.1. The largest absolute Gasteiger partial charge is 0.312 e. The molecule has 1 aromatic carbocycles. The van der Waals surface area contributed by atoms with E-state index in [0.717, 1.165) is 23.1 Å². The Balaban J connectivity index is 2.94. The lowest BCUT2D eigenvalue weighted by atomic mass is 10.0. The van der Waals surface area contributed by atoms with Gasteiger partial charge in [-0.1, -0.05) is 44.0 Å². The summed E-state index contributed by atoms with van der Waals surface area (Å²) in [6, 6.07) is 6.05. The standard InChI is InChI=1S/C16H27NO2S/c1-6-12(2)10-20(18,19)11-16(17-5)15-9-13(3)7-8-14(15)4/h7-9,12,16-17H,6,10-11H2,1-5H3. The van der Waals surface area contributed by atoms with Crippen molar-refractivity contribution in [2.75, 3.05) is 18.6 Å². The van der Waals surface area contributed by atoms with Crippen molar-refractivity contribution in [3.8, 4) is 0 Å². The molecule has 20 heavy (non-hydrogen) atoms. The van der Waals surface area contributed by atoms with E-state index in [2.05, 4.69) is 23.5 Å². The highest BCUT2D eigenvalue weighted by molar-refractivity contribution is 7.91. The minimum Gasteiger partial charge on any atom is -0.312 e. The number of rotatable bonds is 7. The van der Waals surface area contributed by atoms with Gasteiger partial charge in [-0.25, -0.2) is 8.42 Å². The van der Waals surface area contributed by atoms with Gasteiger partial charge in [-0.3, -0.25) is 0 Å². The first-order valence-electron chi connectivity index (χ1n) is 7.24. The van der Waals surface area contributed by atoms with Crippen LogP contribution in [0.5, 0.6) is 0 Å². The molecule has 114 valence electrons. The van der Waals surface area contributed by atoms with Gasteiger partial charge in [-0.05, 0) is 37.9 Å². The van der Waals surface area contributed by atoms with Crippen LogP contribution in [0.4, 0.5) is 0 Å². The van der Waals surface area contributed by atoms with Crippen molar-refractivity contribution in [1.29, 1.82) is 0 Å². The average molecular weight is 297 g/mol. The van der Waals surface area contributed by atoms with Crippen LogP contribution in [0.1, 0.15) is 43.0 Å². The molecule has 1 aromatic rings. The van der Waals surface area contributed by atoms with Gasteiger partial charge in [0.25, 0.3) is 0 Å². The van der Waals surface area contributed by atoms with Crippen LogP contribution in [0.15, 0.2) is 18.2 Å². The molecule has 1 N–H and O–H groups in total. The first-order chi connectivity index (χ1) is 9.29. The SMILES string of the molecule is CCC(C)CS(=O)(=O)CC(NC)c1cc(C)ccc1C. The van der Waals surface area contributed by atoms with Crippen LogP contribution in [0.3, 0.4) is 0 Å². The number of nitrogens with one attached hydrogen (secondary N) is 1. The predicted molar refractivity (Wildman–Crippen MR) is 85.8 cm³/mol. The van der Waals surface area contributed by atoms with Crippen molar-refractivity contribution < 1.29 is 8.42 Å². The minimum absolute atomic E-state index is 0.135. The van der Waals surface area contributed by atoms with E-state index in [0.29, 0.717) is 0 Å². The molecular weight excluding hydrogens is 270 g/mol. The minimum atomic E-state index is -3.04. The Hall–Kier alpha value is -0.870. The second-order valence-corrected chi connectivity index (χ2v) is 7.95. The lowest BCUT2D eigenvalue weighted by Gasteiger charge is -2.20. The highest BCUT2D eigenvalue weighted by Crippen LogP contribution is 2.21. The van der Waals surface area contributed by atoms with Crippen molar-refractivity contribution in [1.82, 2.24) is 5.32 Å². The molecule has 0 heterocycles. The molecule has 0 saturated heterocycles. The maximum Gasteiger partial charge on any atom is 0.152 e. The van der Waals surface area contributed by atoms with Crippen molar-refractivity contribution >= 4 is 9.84 Å². The third kappa shape index (κ3) is 4.91. The summed E-state index contributed by atoms with van der Waals surface area (Å²) in [4.78, 5) is 0. The molecule has 1 rings (SSSR count). The molecule has 3 nitrogen and oxygen atoms in total. The van der Waals surface area contributed by atoms with Gasteiger partial charge < -0.3 is 5.32 Å². The zero-order valence-electron chi connectivity index (χ0n) is 13.2. The van der Waals surface area contributed by atoms with Crippen LogP contribution in [0.25, 0.3) is 0 Å². The summed E-state index contributed by atoms with van der Waals surface area (Å²) >= 11 is 0. The smallest absolute Gasteiger partial charge is 0.152 e. The van der Waals surface area contributed by atoms with Gasteiger partial charge >= 0.3 is 0 Å². The highest BCUT2D eigenvalue weighted by atomic mass is 32.2. The Labute approximate surface area is 123 Å². The Morgan fingerprint density at radius 1 is 1.20 bits per heavy atom. The third-order valence-electron chi connectivity index (χ3n) is 3.81. The summed E-state index contributed by atoms with van der Waals surface area (Å²) in [6.45, 7) is 8.08. The molecular formula is C16H27NO2S. The average Bonchev–Trinajstić information content (AvgIpc) is 2.38. The van der Waals surface area contributed by atoms with Crippen LogP contribution in [0.2, 0.25) is 0 Å². The summed E-state index contributed by atoms with van der Waals surface area (Å²) in [5.41, 5.74) is 3.37. The van der Waals surface area contributed by atoms with E-state index in [-0.39, 0.29) is 23.5 Å². The van der Waals surface area contributed by atoms with Crippen molar-refractivity contribution in [3.05, 3.63) is 34.9 Å². The Morgan fingerprint density at radius 3 is 2.40 bits per heavy atom. The summed E-state index contributed by atoms with van der Waals surface area (Å²) < 4.78 is 24.6. The van der Waals surface area contributed by atoms with E-state index >= 15 is 0 Å². The third-order valence-corrected chi connectivity index (χ3v) is 5.73. The zero-order valence-corrected chi connectivity index (χ0v) is 14.0. The summed E-state index contributed by atoms with van der Waals surface area (Å²) in [7, 11) is -1.22. The summed E-state index contributed by atoms with van der Waals surface area (Å²) in [6.07, 6.45) is 0.896. The van der Waals surface area contributed by atoms with E-state index < -0.39 is 9.84 Å². The van der Waals surface area contributed by atoms with Crippen molar-refractivity contribution in [2.24, 2.45) is 5.92 Å². The van der Waals surface area contributed by atoms with Crippen LogP contribution >= 0.6 is 0 Å². The number of aryl methyl sites for hydroxylation is 2. The summed E-state index contributed by atoms with van der Waals surface area (Å²) in [5, 5.41) is 3.15. The Bertz CT molecular complexity index is 537. The molecule has 0 aliphatic carbocycles. The van der Waals surface area contributed by atoms with E-state index in [9.17, 15) is 8.42 Å². The predicted octanol–water partition coefficient (Wildman–Crippen LogP) is 3.02. The fraction of sp³-hybridized carbons (Fsp3) is 0.625. The quantitative estimate of drug-likeness (QED) is 0.841. The topological polar surface area (TPSA) is 46.2 Å². The molecule has 0 radical (unpaired) electrons. The monoisotopic (exact) mass is 297 g/mol. The van der Waals surface area contributed by atoms with E-state index in [4.69, 9.17) is 0 Å². The molecule has 0 bridgehead atoms. The van der Waals surface area contributed by atoms with E-state index in [1.807, 2.05) is 34.7 Å². The maximum atomic E-state index is 12.3. The molecule has 0 aliphatic heterocycles. The second-order valence-electron chi connectivity index (χ2n) is 5.79. The van der Waals surface area contributed by atoms with Gasteiger partial charge in [0.15, 0.2) is 9.84 Å². The molecule has 0 fully saturated rings. The molecule has 0 aromatic heterocycles. The van der Waals surface area contributed by atoms with Gasteiger partial charge in [0.05, 0.1) is 11.5 Å². The lowest BCUT2D eigenvalue weighted by molar-refractivity contribution is 0.549. The molecule has 2 atom stereocenters. The second kappa shape index (κ2) is 7.23. The summed E-state index contributed by atoms with van der Waals surface area (Å²) in [5.74, 6) is 0.654. The van der Waals surface area contributed by atoms with Crippen LogP contribution in [-0.2, 0) is 9.84 Å². The van der Waals surface area contributed by atoms with E-state index in [1.165, 1.54) is 0 Å². The van der Waals surface area contributed by atoms with Gasteiger partial charge in [0, 0.05) is 6.04 Å². The van der Waals surface area contributed by atoms with Gasteiger partial charge in [0.2, 0.25) is 0 Å². The molecule has 0 saturated carbocycles. The Kier molecular flexibility index (Phi) is 6.21. The molecule has 4 heteroatoms. The lowest BCUT2D eigenvalue weighted by Crippen LogP contribution is -2.28. The van der Waals surface area contributed by atoms with Gasteiger partial charge in [0.1, 0.15) is 0 Å². The zero-order chi connectivity index (χ0) is 15.3. The fourth-order valence-electron chi connectivity index (χ4n) is 2.34. The molecule has 0 aliphatic rings.